The lowest BCUT2D eigenvalue weighted by atomic mass is 10.1. The number of nitrogens with one attached hydrogen (secondary N) is 1. The first-order valence-electron chi connectivity index (χ1n) is 5.89. The van der Waals surface area contributed by atoms with Crippen LogP contribution in [-0.2, 0) is 0 Å². The molecule has 1 aliphatic rings. The van der Waals surface area contributed by atoms with Crippen LogP contribution in [0.1, 0.15) is 55.8 Å². The molecule has 0 bridgehead atoms. The van der Waals surface area contributed by atoms with Crippen molar-refractivity contribution in [2.45, 2.75) is 44.3 Å². The Morgan fingerprint density at radius 1 is 1.50 bits per heavy atom. The van der Waals surface area contributed by atoms with Gasteiger partial charge in [-0.05, 0) is 24.5 Å². The highest BCUT2D eigenvalue weighted by Gasteiger charge is 2.19. The van der Waals surface area contributed by atoms with Gasteiger partial charge in [0.05, 0.1) is 10.9 Å². The average molecular weight is 238 g/mol. The van der Waals surface area contributed by atoms with Crippen molar-refractivity contribution in [3.8, 4) is 0 Å². The van der Waals surface area contributed by atoms with Crippen LogP contribution in [-0.4, -0.2) is 15.7 Å². The van der Waals surface area contributed by atoms with Gasteiger partial charge < -0.3 is 4.98 Å². The van der Waals surface area contributed by atoms with Crippen molar-refractivity contribution in [2.24, 2.45) is 0 Å². The topological polar surface area (TPSA) is 45.8 Å². The number of rotatable bonds is 2. The van der Waals surface area contributed by atoms with Crippen LogP contribution in [0.5, 0.6) is 0 Å². The summed E-state index contributed by atoms with van der Waals surface area (Å²) in [6.45, 7) is 4.14. The summed E-state index contributed by atoms with van der Waals surface area (Å²) in [4.78, 5) is 19.0. The van der Waals surface area contributed by atoms with E-state index in [2.05, 4.69) is 23.8 Å². The fourth-order valence-corrected chi connectivity index (χ4v) is 3.16. The zero-order valence-corrected chi connectivity index (χ0v) is 10.6. The summed E-state index contributed by atoms with van der Waals surface area (Å²) in [6, 6.07) is 1.61. The maximum Gasteiger partial charge on any atom is 0.251 e. The number of aromatic nitrogens is 2. The molecule has 1 saturated heterocycles. The van der Waals surface area contributed by atoms with Crippen molar-refractivity contribution >= 4 is 11.8 Å². The minimum absolute atomic E-state index is 0.0140. The number of aromatic amines is 1. The van der Waals surface area contributed by atoms with E-state index in [-0.39, 0.29) is 5.56 Å². The smallest absolute Gasteiger partial charge is 0.251 e. The molecule has 1 aromatic rings. The van der Waals surface area contributed by atoms with Gasteiger partial charge in [-0.2, -0.15) is 11.8 Å². The summed E-state index contributed by atoms with van der Waals surface area (Å²) in [6.07, 6.45) is 3.66. The third-order valence-corrected chi connectivity index (χ3v) is 4.24. The number of nitrogens with zero attached hydrogens (tertiary/aromatic N) is 1. The van der Waals surface area contributed by atoms with Gasteiger partial charge in [0.2, 0.25) is 0 Å². The highest BCUT2D eigenvalue weighted by Crippen LogP contribution is 2.36. The molecule has 4 heteroatoms. The largest absolute Gasteiger partial charge is 0.310 e. The maximum atomic E-state index is 11.6. The van der Waals surface area contributed by atoms with Crippen molar-refractivity contribution in [3.63, 3.8) is 0 Å². The lowest BCUT2D eigenvalue weighted by Gasteiger charge is -2.20. The van der Waals surface area contributed by atoms with Crippen LogP contribution in [0, 0.1) is 0 Å². The van der Waals surface area contributed by atoms with E-state index in [0.29, 0.717) is 11.2 Å². The molecule has 0 radical (unpaired) electrons. The molecule has 2 heterocycles. The minimum atomic E-state index is -0.0140. The van der Waals surface area contributed by atoms with E-state index in [1.54, 1.807) is 6.07 Å². The Labute approximate surface area is 100 Å². The number of hydrogen-bond acceptors (Lipinski definition) is 3. The molecule has 0 spiro atoms. The van der Waals surface area contributed by atoms with Crippen LogP contribution in [0.3, 0.4) is 0 Å². The molecule has 0 aliphatic carbocycles. The van der Waals surface area contributed by atoms with Gasteiger partial charge in [0.25, 0.3) is 5.56 Å². The van der Waals surface area contributed by atoms with Gasteiger partial charge in [0.1, 0.15) is 5.82 Å². The van der Waals surface area contributed by atoms with Crippen LogP contribution < -0.4 is 5.56 Å². The molecule has 0 aromatic carbocycles. The molecule has 1 atom stereocenters. The van der Waals surface area contributed by atoms with Crippen molar-refractivity contribution < 1.29 is 0 Å². The van der Waals surface area contributed by atoms with Crippen LogP contribution in [0.4, 0.5) is 0 Å². The second-order valence-electron chi connectivity index (χ2n) is 4.57. The Kier molecular flexibility index (Phi) is 3.69. The number of thioether (sulfide) groups is 1. The molecule has 3 nitrogen and oxygen atoms in total. The van der Waals surface area contributed by atoms with E-state index < -0.39 is 0 Å². The van der Waals surface area contributed by atoms with Crippen molar-refractivity contribution in [2.75, 3.05) is 5.75 Å². The van der Waals surface area contributed by atoms with Crippen molar-refractivity contribution in [3.05, 3.63) is 27.9 Å². The fourth-order valence-electron chi connectivity index (χ4n) is 1.90. The summed E-state index contributed by atoms with van der Waals surface area (Å²) in [5.41, 5.74) is 0.893. The highest BCUT2D eigenvalue weighted by molar-refractivity contribution is 7.99. The number of H-pyrrole nitrogens is 1. The van der Waals surface area contributed by atoms with E-state index in [4.69, 9.17) is 0 Å². The van der Waals surface area contributed by atoms with Gasteiger partial charge in [-0.15, -0.1) is 0 Å². The van der Waals surface area contributed by atoms with Crippen LogP contribution >= 0.6 is 11.8 Å². The molecular weight excluding hydrogens is 220 g/mol. The standard InChI is InChI=1S/C12H18N2OS/c1-8(2)9-7-11(15)14-12(13-9)10-5-3-4-6-16-10/h7-8,10H,3-6H2,1-2H3,(H,13,14,15). The van der Waals surface area contributed by atoms with Gasteiger partial charge in [0.15, 0.2) is 0 Å². The molecule has 0 amide bonds. The minimum Gasteiger partial charge on any atom is -0.310 e. The monoisotopic (exact) mass is 238 g/mol. The first kappa shape index (κ1) is 11.7. The van der Waals surface area contributed by atoms with Crippen LogP contribution in [0.2, 0.25) is 0 Å². The quantitative estimate of drug-likeness (QED) is 0.861. The molecule has 1 aromatic heterocycles. The predicted octanol–water partition coefficient (Wildman–Crippen LogP) is 2.85. The molecule has 0 saturated carbocycles. The van der Waals surface area contributed by atoms with Gasteiger partial charge in [-0.25, -0.2) is 4.98 Å². The maximum absolute atomic E-state index is 11.6. The Bertz CT molecular complexity index is 408. The van der Waals surface area contributed by atoms with E-state index in [0.717, 1.165) is 17.9 Å². The van der Waals surface area contributed by atoms with E-state index >= 15 is 0 Å². The van der Waals surface area contributed by atoms with E-state index in [1.165, 1.54) is 18.6 Å². The Hall–Kier alpha value is -0.770. The molecular formula is C12H18N2OS. The Balaban J connectivity index is 2.29. The van der Waals surface area contributed by atoms with Crippen molar-refractivity contribution in [1.29, 1.82) is 0 Å². The lowest BCUT2D eigenvalue weighted by Crippen LogP contribution is -2.16. The summed E-state index contributed by atoms with van der Waals surface area (Å²) in [5.74, 6) is 2.37. The summed E-state index contributed by atoms with van der Waals surface area (Å²) < 4.78 is 0. The summed E-state index contributed by atoms with van der Waals surface area (Å²) in [7, 11) is 0. The highest BCUT2D eigenvalue weighted by atomic mass is 32.2. The summed E-state index contributed by atoms with van der Waals surface area (Å²) >= 11 is 1.91. The molecule has 1 fully saturated rings. The third kappa shape index (κ3) is 2.67. The predicted molar refractivity (Wildman–Crippen MR) is 68.0 cm³/mol. The van der Waals surface area contributed by atoms with Gasteiger partial charge in [-0.1, -0.05) is 20.3 Å². The first-order valence-corrected chi connectivity index (χ1v) is 6.94. The average Bonchev–Trinajstić information content (AvgIpc) is 2.29. The normalized spacial score (nSPS) is 21.3. The second-order valence-corrected chi connectivity index (χ2v) is 5.88. The first-order chi connectivity index (χ1) is 7.66. The third-order valence-electron chi connectivity index (χ3n) is 2.86. The molecule has 88 valence electrons. The van der Waals surface area contributed by atoms with E-state index in [1.807, 2.05) is 11.8 Å². The van der Waals surface area contributed by atoms with Gasteiger partial charge >= 0.3 is 0 Å². The Morgan fingerprint density at radius 2 is 2.31 bits per heavy atom. The van der Waals surface area contributed by atoms with Gasteiger partial charge in [-0.3, -0.25) is 4.79 Å². The summed E-state index contributed by atoms with van der Waals surface area (Å²) in [5, 5.41) is 0.389. The van der Waals surface area contributed by atoms with E-state index in [9.17, 15) is 4.79 Å². The molecule has 1 aliphatic heterocycles. The van der Waals surface area contributed by atoms with Crippen LogP contribution in [0.15, 0.2) is 10.9 Å². The number of hydrogen-bond donors (Lipinski definition) is 1. The molecule has 2 rings (SSSR count). The molecule has 16 heavy (non-hydrogen) atoms. The molecule has 1 N–H and O–H groups in total. The Morgan fingerprint density at radius 3 is 2.94 bits per heavy atom. The SMILES string of the molecule is CC(C)c1cc(=O)[nH]c(C2CCCCS2)n1. The van der Waals surface area contributed by atoms with Crippen molar-refractivity contribution in [1.82, 2.24) is 9.97 Å². The van der Waals surface area contributed by atoms with Gasteiger partial charge in [0, 0.05) is 6.07 Å². The zero-order valence-electron chi connectivity index (χ0n) is 9.82. The fraction of sp³-hybridized carbons (Fsp3) is 0.667. The second kappa shape index (κ2) is 5.04. The molecule has 1 unspecified atom stereocenters. The zero-order chi connectivity index (χ0) is 11.5. The lowest BCUT2D eigenvalue weighted by molar-refractivity contribution is 0.651. The van der Waals surface area contributed by atoms with Crippen LogP contribution in [0.25, 0.3) is 0 Å².